The Bertz CT molecular complexity index is 516. The molecule has 0 unspecified atom stereocenters. The third-order valence-corrected chi connectivity index (χ3v) is 4.69. The first kappa shape index (κ1) is 14.5. The van der Waals surface area contributed by atoms with Gasteiger partial charge in [0.05, 0.1) is 0 Å². The van der Waals surface area contributed by atoms with Crippen LogP contribution in [0.3, 0.4) is 0 Å². The summed E-state index contributed by atoms with van der Waals surface area (Å²) in [5.74, 6) is 0.0891. The van der Waals surface area contributed by atoms with Crippen molar-refractivity contribution >= 4 is 5.91 Å². The summed E-state index contributed by atoms with van der Waals surface area (Å²) in [6.45, 7) is 9.75. The van der Waals surface area contributed by atoms with Crippen molar-refractivity contribution in [1.82, 2.24) is 24.9 Å². The number of piperazine rings is 1. The molecule has 3 heterocycles. The number of H-pyrrole nitrogens is 1. The van der Waals surface area contributed by atoms with Crippen molar-refractivity contribution in [2.75, 3.05) is 39.8 Å². The molecule has 2 aliphatic heterocycles. The number of carbonyl (C=O) groups is 1. The van der Waals surface area contributed by atoms with Gasteiger partial charge in [-0.1, -0.05) is 0 Å². The maximum atomic E-state index is 12.7. The molecule has 6 nitrogen and oxygen atoms in total. The lowest BCUT2D eigenvalue weighted by atomic mass is 10.0. The van der Waals surface area contributed by atoms with Crippen molar-refractivity contribution in [3.8, 4) is 0 Å². The molecule has 1 amide bonds. The summed E-state index contributed by atoms with van der Waals surface area (Å²) in [6, 6.07) is 0.500. The highest BCUT2D eigenvalue weighted by Crippen LogP contribution is 2.23. The average Bonchev–Trinajstić information content (AvgIpc) is 2.90. The van der Waals surface area contributed by atoms with Gasteiger partial charge in [-0.15, -0.1) is 0 Å². The second-order valence-corrected chi connectivity index (χ2v) is 6.44. The van der Waals surface area contributed by atoms with Crippen LogP contribution in [0.4, 0.5) is 0 Å². The molecule has 116 valence electrons. The molecule has 0 aliphatic carbocycles. The molecule has 0 saturated carbocycles. The predicted molar refractivity (Wildman–Crippen MR) is 81.2 cm³/mol. The first-order valence-electron chi connectivity index (χ1n) is 7.84. The molecule has 0 atom stereocenters. The number of hydrogen-bond acceptors (Lipinski definition) is 4. The Morgan fingerprint density at radius 1 is 1.19 bits per heavy atom. The van der Waals surface area contributed by atoms with E-state index in [9.17, 15) is 4.79 Å². The van der Waals surface area contributed by atoms with E-state index in [1.807, 2.05) is 4.90 Å². The molecule has 0 spiro atoms. The molecule has 1 aromatic rings. The van der Waals surface area contributed by atoms with Gasteiger partial charge in [-0.05, 0) is 20.9 Å². The maximum Gasteiger partial charge on any atom is 0.274 e. The lowest BCUT2D eigenvalue weighted by Gasteiger charge is -2.33. The van der Waals surface area contributed by atoms with Crippen molar-refractivity contribution < 1.29 is 4.79 Å². The quantitative estimate of drug-likeness (QED) is 0.865. The van der Waals surface area contributed by atoms with Crippen LogP contribution in [0.25, 0.3) is 0 Å². The third kappa shape index (κ3) is 2.82. The summed E-state index contributed by atoms with van der Waals surface area (Å²) in [5, 5.41) is 7.41. The maximum absolute atomic E-state index is 12.7. The highest BCUT2D eigenvalue weighted by molar-refractivity contribution is 5.94. The average molecular weight is 291 g/mol. The van der Waals surface area contributed by atoms with Crippen molar-refractivity contribution in [3.63, 3.8) is 0 Å². The zero-order valence-electron chi connectivity index (χ0n) is 13.2. The van der Waals surface area contributed by atoms with Crippen LogP contribution in [0.5, 0.6) is 0 Å². The molecule has 2 aliphatic rings. The van der Waals surface area contributed by atoms with Gasteiger partial charge >= 0.3 is 0 Å². The topological polar surface area (TPSA) is 55.5 Å². The van der Waals surface area contributed by atoms with Gasteiger partial charge in [0.15, 0.2) is 5.69 Å². The summed E-state index contributed by atoms with van der Waals surface area (Å²) < 4.78 is 0. The van der Waals surface area contributed by atoms with Crippen molar-refractivity contribution in [2.24, 2.45) is 0 Å². The molecule has 1 aromatic heterocycles. The van der Waals surface area contributed by atoms with Gasteiger partial charge in [-0.2, -0.15) is 5.10 Å². The molecule has 6 heteroatoms. The van der Waals surface area contributed by atoms with E-state index in [1.54, 1.807) is 0 Å². The van der Waals surface area contributed by atoms with Gasteiger partial charge in [0.2, 0.25) is 0 Å². The van der Waals surface area contributed by atoms with Crippen LogP contribution >= 0.6 is 0 Å². The first-order chi connectivity index (χ1) is 10.1. The van der Waals surface area contributed by atoms with E-state index in [1.165, 1.54) is 0 Å². The van der Waals surface area contributed by atoms with E-state index >= 15 is 0 Å². The van der Waals surface area contributed by atoms with Crippen LogP contribution in [0.1, 0.15) is 35.6 Å². The Labute approximate surface area is 126 Å². The van der Waals surface area contributed by atoms with Crippen molar-refractivity contribution in [3.05, 3.63) is 17.0 Å². The number of aromatic nitrogens is 2. The summed E-state index contributed by atoms with van der Waals surface area (Å²) in [5.41, 5.74) is 2.89. The number of carbonyl (C=O) groups excluding carboxylic acids is 1. The first-order valence-corrected chi connectivity index (χ1v) is 7.84. The summed E-state index contributed by atoms with van der Waals surface area (Å²) in [7, 11) is 2.10. The number of nitrogens with zero attached hydrogens (tertiary/aromatic N) is 4. The minimum Gasteiger partial charge on any atom is -0.335 e. The summed E-state index contributed by atoms with van der Waals surface area (Å²) in [4.78, 5) is 19.3. The minimum absolute atomic E-state index is 0.0891. The number of amides is 1. The molecule has 1 saturated heterocycles. The molecular formula is C15H25N5O. The van der Waals surface area contributed by atoms with Gasteiger partial charge in [0, 0.05) is 63.0 Å². The van der Waals surface area contributed by atoms with E-state index in [0.29, 0.717) is 11.7 Å². The normalized spacial score (nSPS) is 20.9. The van der Waals surface area contributed by atoms with Crippen molar-refractivity contribution in [2.45, 2.75) is 32.9 Å². The number of fused-ring (bicyclic) bond motifs is 1. The summed E-state index contributed by atoms with van der Waals surface area (Å²) in [6.07, 6.45) is 0.955. The minimum atomic E-state index is 0.0891. The van der Waals surface area contributed by atoms with Gasteiger partial charge in [-0.25, -0.2) is 0 Å². The zero-order valence-corrected chi connectivity index (χ0v) is 13.2. The van der Waals surface area contributed by atoms with Crippen LogP contribution in [0.2, 0.25) is 0 Å². The second kappa shape index (κ2) is 5.77. The van der Waals surface area contributed by atoms with E-state index < -0.39 is 0 Å². The fourth-order valence-corrected chi connectivity index (χ4v) is 3.09. The van der Waals surface area contributed by atoms with Gasteiger partial charge in [0.1, 0.15) is 0 Å². The van der Waals surface area contributed by atoms with E-state index in [0.717, 1.165) is 56.9 Å². The Balaban J connectivity index is 1.78. The summed E-state index contributed by atoms with van der Waals surface area (Å²) >= 11 is 0. The standard InChI is InChI=1S/C15H25N5O/c1-11(2)20-5-4-13-12(10-20)14(17-16-13)15(21)19-8-6-18(3)7-9-19/h11H,4-10H2,1-3H3,(H,16,17). The predicted octanol–water partition coefficient (Wildman–Crippen LogP) is 0.564. The van der Waals surface area contributed by atoms with Crippen LogP contribution in [0.15, 0.2) is 0 Å². The Morgan fingerprint density at radius 3 is 2.57 bits per heavy atom. The van der Waals surface area contributed by atoms with Gasteiger partial charge in [-0.3, -0.25) is 14.8 Å². The van der Waals surface area contributed by atoms with Crippen molar-refractivity contribution in [1.29, 1.82) is 0 Å². The smallest absolute Gasteiger partial charge is 0.274 e. The van der Waals surface area contributed by atoms with Crippen LogP contribution < -0.4 is 0 Å². The number of rotatable bonds is 2. The second-order valence-electron chi connectivity index (χ2n) is 6.44. The number of likely N-dealkylation sites (N-methyl/N-ethyl adjacent to an activating group) is 1. The monoisotopic (exact) mass is 291 g/mol. The fraction of sp³-hybridized carbons (Fsp3) is 0.733. The molecule has 0 radical (unpaired) electrons. The molecule has 0 bridgehead atoms. The zero-order chi connectivity index (χ0) is 15.0. The number of nitrogens with one attached hydrogen (secondary N) is 1. The molecule has 21 heavy (non-hydrogen) atoms. The molecular weight excluding hydrogens is 266 g/mol. The SMILES string of the molecule is CC(C)N1CCc2[nH]nc(C(=O)N3CCN(C)CC3)c2C1. The highest BCUT2D eigenvalue weighted by Gasteiger charge is 2.29. The van der Waals surface area contributed by atoms with Crippen LogP contribution in [-0.4, -0.2) is 76.6 Å². The molecule has 0 aromatic carbocycles. The fourth-order valence-electron chi connectivity index (χ4n) is 3.09. The Kier molecular flexibility index (Phi) is 3.99. The third-order valence-electron chi connectivity index (χ3n) is 4.69. The Hall–Kier alpha value is -1.40. The molecule has 3 rings (SSSR count). The van der Waals surface area contributed by atoms with E-state index in [-0.39, 0.29) is 5.91 Å². The number of aromatic amines is 1. The lowest BCUT2D eigenvalue weighted by Crippen LogP contribution is -2.47. The Morgan fingerprint density at radius 2 is 1.90 bits per heavy atom. The van der Waals surface area contributed by atoms with Gasteiger partial charge in [0.25, 0.3) is 5.91 Å². The van der Waals surface area contributed by atoms with Gasteiger partial charge < -0.3 is 9.80 Å². The molecule has 1 fully saturated rings. The lowest BCUT2D eigenvalue weighted by molar-refractivity contribution is 0.0655. The number of hydrogen-bond donors (Lipinski definition) is 1. The van der Waals surface area contributed by atoms with E-state index in [4.69, 9.17) is 0 Å². The van der Waals surface area contributed by atoms with E-state index in [2.05, 4.69) is 40.9 Å². The largest absolute Gasteiger partial charge is 0.335 e. The molecule has 1 N–H and O–H groups in total. The van der Waals surface area contributed by atoms with Crippen LogP contribution in [-0.2, 0) is 13.0 Å². The highest BCUT2D eigenvalue weighted by atomic mass is 16.2. The van der Waals surface area contributed by atoms with Crippen LogP contribution in [0, 0.1) is 0 Å².